The van der Waals surface area contributed by atoms with Crippen LogP contribution in [-0.2, 0) is 10.8 Å². The molecule has 2 aromatic heterocycles. The number of benzene rings is 10. The number of aromatic nitrogens is 1. The lowest BCUT2D eigenvalue weighted by Gasteiger charge is -2.42. The van der Waals surface area contributed by atoms with Crippen LogP contribution in [0.2, 0.25) is 0 Å². The fraction of sp³-hybridized carbons (Fsp3) is 0.101. The first-order valence-corrected chi connectivity index (χ1v) is 26.4. The Morgan fingerprint density at radius 1 is 0.526 bits per heavy atom. The van der Waals surface area contributed by atoms with Gasteiger partial charge in [-0.05, 0) is 117 Å². The second-order valence-corrected chi connectivity index (χ2v) is 22.4. The summed E-state index contributed by atoms with van der Waals surface area (Å²) in [5.74, 6) is 2.72. The smallest absolute Gasteiger partial charge is 0.333 e. The topological polar surface area (TPSA) is 43.0 Å². The van der Waals surface area contributed by atoms with Gasteiger partial charge in [-0.15, -0.1) is 0 Å². The van der Waals surface area contributed by atoms with Crippen molar-refractivity contribution in [2.24, 2.45) is 0 Å². The van der Waals surface area contributed by atoms with Crippen molar-refractivity contribution in [1.29, 1.82) is 0 Å². The summed E-state index contributed by atoms with van der Waals surface area (Å²) in [5, 5.41) is 3.37. The molecule has 0 spiro atoms. The molecule has 10 aromatic carbocycles. The zero-order valence-corrected chi connectivity index (χ0v) is 42.9. The van der Waals surface area contributed by atoms with E-state index in [1.165, 1.54) is 55.4 Å². The van der Waals surface area contributed by atoms with Gasteiger partial charge in [0.1, 0.15) is 5.58 Å². The largest absolute Gasteiger partial charge is 0.454 e. The van der Waals surface area contributed by atoms with Gasteiger partial charge in [0.25, 0.3) is 0 Å². The lowest BCUT2D eigenvalue weighted by Crippen LogP contribution is -2.57. The van der Waals surface area contributed by atoms with Crippen LogP contribution in [0, 0.1) is 0 Å². The molecular weight excluding hydrogens is 930 g/mol. The van der Waals surface area contributed by atoms with E-state index in [0.29, 0.717) is 23.0 Å². The lowest BCUT2D eigenvalue weighted by molar-refractivity contribution is 0.360. The van der Waals surface area contributed by atoms with Crippen LogP contribution in [0.15, 0.2) is 217 Å². The Kier molecular flexibility index (Phi) is 8.78. The van der Waals surface area contributed by atoms with E-state index >= 15 is 0 Å². The highest BCUT2D eigenvalue weighted by atomic mass is 16.6. The molecular formula is C69H50BN3O3. The molecule has 7 heteroatoms. The highest BCUT2D eigenvalue weighted by Crippen LogP contribution is 2.60. The molecule has 0 N–H and O–H groups in total. The van der Waals surface area contributed by atoms with E-state index in [-0.39, 0.29) is 12.3 Å². The molecule has 0 saturated carbocycles. The predicted molar refractivity (Wildman–Crippen MR) is 313 cm³/mol. The molecule has 0 atom stereocenters. The Balaban J connectivity index is 1.10. The van der Waals surface area contributed by atoms with Crippen molar-refractivity contribution in [1.82, 2.24) is 4.48 Å². The van der Waals surface area contributed by atoms with E-state index in [1.807, 2.05) is 24.3 Å². The summed E-state index contributed by atoms with van der Waals surface area (Å²) in [6.45, 7) is 11.4. The zero-order valence-electron chi connectivity index (χ0n) is 42.9. The average molecular weight is 980 g/mol. The molecule has 0 unspecified atom stereocenters. The van der Waals surface area contributed by atoms with Crippen LogP contribution < -0.4 is 30.2 Å². The van der Waals surface area contributed by atoms with Crippen molar-refractivity contribution < 1.29 is 13.9 Å². The molecule has 16 rings (SSSR count). The molecule has 0 amide bonds. The maximum absolute atomic E-state index is 7.33. The minimum atomic E-state index is -0.405. The van der Waals surface area contributed by atoms with E-state index in [1.54, 1.807) is 0 Å². The molecule has 5 heterocycles. The van der Waals surface area contributed by atoms with Gasteiger partial charge < -0.3 is 28.2 Å². The molecule has 12 aromatic rings. The first kappa shape index (κ1) is 43.2. The highest BCUT2D eigenvalue weighted by molar-refractivity contribution is 6.90. The van der Waals surface area contributed by atoms with Crippen LogP contribution >= 0.6 is 0 Å². The predicted octanol–water partition coefficient (Wildman–Crippen LogP) is 17.6. The number of anilines is 6. The summed E-state index contributed by atoms with van der Waals surface area (Å²) in [6.07, 6.45) is 0. The van der Waals surface area contributed by atoms with Crippen LogP contribution in [0.3, 0.4) is 0 Å². The number of hydrogen-bond acceptors (Lipinski definition) is 5. The number of para-hydroxylation sites is 5. The van der Waals surface area contributed by atoms with Gasteiger partial charge in [-0.25, -0.2) is 0 Å². The van der Waals surface area contributed by atoms with Crippen molar-refractivity contribution in [3.63, 3.8) is 0 Å². The Labute approximate surface area is 441 Å². The van der Waals surface area contributed by atoms with Crippen molar-refractivity contribution >= 4 is 84.7 Å². The van der Waals surface area contributed by atoms with Gasteiger partial charge >= 0.3 is 6.85 Å². The summed E-state index contributed by atoms with van der Waals surface area (Å²) in [5.41, 5.74) is 22.1. The van der Waals surface area contributed by atoms with Crippen molar-refractivity contribution in [3.05, 3.63) is 229 Å². The molecule has 1 aliphatic carbocycles. The third-order valence-electron chi connectivity index (χ3n) is 16.7. The Hall–Kier alpha value is -9.20. The van der Waals surface area contributed by atoms with Crippen LogP contribution in [0.25, 0.3) is 66.2 Å². The third kappa shape index (κ3) is 5.88. The maximum atomic E-state index is 7.33. The summed E-state index contributed by atoms with van der Waals surface area (Å²) >= 11 is 0. The quantitative estimate of drug-likeness (QED) is 0.161. The molecule has 0 saturated heterocycles. The van der Waals surface area contributed by atoms with Crippen LogP contribution in [0.4, 0.5) is 34.1 Å². The fourth-order valence-corrected chi connectivity index (χ4v) is 13.3. The standard InChI is InChI=1S/C69H50BN3O3/c1-68(2,3)42-33-35-53(48(37-42)41-21-9-6-10-22-41)72-55-40-60-59(74-57-31-19-20-32-58(57)75-60)39-52(55)70-63-49(38-50-45-27-16-18-30-56(45)76-66(50)65(63)72)46-34-36-54(71(43-23-11-7-12-24-43)44-25-13-8-14-26-44)62-61-47-28-15-17-29-51(47)69(4,5)67(61)73(70)64(46)62/h6-40H,1-5H3. The number of hydrogen-bond donors (Lipinski definition) is 0. The second kappa shape index (κ2) is 15.4. The molecule has 0 fully saturated rings. The first-order valence-electron chi connectivity index (χ1n) is 26.4. The lowest BCUT2D eigenvalue weighted by atomic mass is 9.44. The van der Waals surface area contributed by atoms with E-state index in [2.05, 4.69) is 237 Å². The average Bonchev–Trinajstić information content (AvgIpc) is 4.00. The molecule has 4 aliphatic rings. The summed E-state index contributed by atoms with van der Waals surface area (Å²) in [4.78, 5) is 4.95. The van der Waals surface area contributed by atoms with Crippen LogP contribution in [-0.4, -0.2) is 11.3 Å². The minimum absolute atomic E-state index is 0.105. The molecule has 3 aliphatic heterocycles. The van der Waals surface area contributed by atoms with Gasteiger partial charge in [0.2, 0.25) is 0 Å². The number of ether oxygens (including phenoxy) is 2. The van der Waals surface area contributed by atoms with E-state index in [4.69, 9.17) is 13.9 Å². The monoisotopic (exact) mass is 979 g/mol. The Morgan fingerprint density at radius 2 is 1.17 bits per heavy atom. The van der Waals surface area contributed by atoms with Gasteiger partial charge in [-0.3, -0.25) is 0 Å². The van der Waals surface area contributed by atoms with Crippen molar-refractivity contribution in [2.75, 3.05) is 9.80 Å². The van der Waals surface area contributed by atoms with Crippen LogP contribution in [0.5, 0.6) is 23.0 Å². The molecule has 76 heavy (non-hydrogen) atoms. The van der Waals surface area contributed by atoms with Gasteiger partial charge in [0.05, 0.1) is 17.1 Å². The van der Waals surface area contributed by atoms with Gasteiger partial charge in [0.15, 0.2) is 28.6 Å². The Bertz CT molecular complexity index is 4400. The van der Waals surface area contributed by atoms with E-state index in [0.717, 1.165) is 72.7 Å². The number of fused-ring (bicyclic) bond motifs is 15. The number of rotatable bonds is 5. The fourth-order valence-electron chi connectivity index (χ4n) is 13.3. The first-order chi connectivity index (χ1) is 37.1. The summed E-state index contributed by atoms with van der Waals surface area (Å²) in [7, 11) is 0. The molecule has 0 bridgehead atoms. The summed E-state index contributed by atoms with van der Waals surface area (Å²) in [6, 6.07) is 76.9. The van der Waals surface area contributed by atoms with Crippen molar-refractivity contribution in [2.45, 2.75) is 45.4 Å². The van der Waals surface area contributed by atoms with E-state index < -0.39 is 5.41 Å². The SMILES string of the molecule is CC(C)(C)c1ccc(N2c3cc4c(cc3B3c5c(cc6c(oc7ccccc76)c52)-c2ccc(N(c5ccccc5)c5ccccc5)c5c6c(n3c25)C(C)(C)c2ccccc2-6)Oc2ccccc2O4)c(-c2ccccc2)c1. The Morgan fingerprint density at radius 3 is 1.89 bits per heavy atom. The van der Waals surface area contributed by atoms with Gasteiger partial charge in [-0.2, -0.15) is 0 Å². The summed E-state index contributed by atoms with van der Waals surface area (Å²) < 4.78 is 23.9. The zero-order chi connectivity index (χ0) is 50.8. The normalized spacial score (nSPS) is 14.1. The maximum Gasteiger partial charge on any atom is 0.333 e. The van der Waals surface area contributed by atoms with E-state index in [9.17, 15) is 0 Å². The molecule has 362 valence electrons. The van der Waals surface area contributed by atoms with Gasteiger partial charge in [0, 0.05) is 72.6 Å². The molecule has 0 radical (unpaired) electrons. The number of furan rings is 1. The highest BCUT2D eigenvalue weighted by Gasteiger charge is 2.51. The minimum Gasteiger partial charge on any atom is -0.454 e. The molecule has 6 nitrogen and oxygen atoms in total. The second-order valence-electron chi connectivity index (χ2n) is 22.4. The van der Waals surface area contributed by atoms with Gasteiger partial charge in [-0.1, -0.05) is 168 Å². The number of nitrogens with zero attached hydrogens (tertiary/aromatic N) is 3. The third-order valence-corrected chi connectivity index (χ3v) is 16.7. The van der Waals surface area contributed by atoms with Crippen molar-refractivity contribution in [3.8, 4) is 56.4 Å². The van der Waals surface area contributed by atoms with Crippen LogP contribution in [0.1, 0.15) is 51.4 Å².